The van der Waals surface area contributed by atoms with E-state index in [1.165, 1.54) is 10.0 Å². The van der Waals surface area contributed by atoms with Crippen molar-refractivity contribution < 1.29 is 24.3 Å². The van der Waals surface area contributed by atoms with E-state index in [4.69, 9.17) is 9.94 Å². The van der Waals surface area contributed by atoms with Crippen LogP contribution in [-0.2, 0) is 9.53 Å². The maximum absolute atomic E-state index is 12.9. The Morgan fingerprint density at radius 2 is 1.86 bits per heavy atom. The second-order valence-corrected chi connectivity index (χ2v) is 7.54. The van der Waals surface area contributed by atoms with Gasteiger partial charge in [-0.05, 0) is 39.8 Å². The molecule has 29 heavy (non-hydrogen) atoms. The number of amides is 2. The van der Waals surface area contributed by atoms with Crippen LogP contribution in [0, 0.1) is 6.92 Å². The smallest absolute Gasteiger partial charge is 0.419 e. The van der Waals surface area contributed by atoms with Crippen LogP contribution in [0.3, 0.4) is 0 Å². The number of carbonyl (C=O) groups excluding carboxylic acids is 3. The van der Waals surface area contributed by atoms with Crippen molar-refractivity contribution in [3.05, 3.63) is 41.7 Å². The molecule has 0 atom stereocenters. The van der Waals surface area contributed by atoms with E-state index in [1.54, 1.807) is 39.8 Å². The van der Waals surface area contributed by atoms with Crippen molar-refractivity contribution in [1.82, 2.24) is 20.3 Å². The Morgan fingerprint density at radius 1 is 1.17 bits per heavy atom. The van der Waals surface area contributed by atoms with Crippen LogP contribution in [0.1, 0.15) is 37.0 Å². The largest absolute Gasteiger partial charge is 0.443 e. The van der Waals surface area contributed by atoms with Gasteiger partial charge in [0, 0.05) is 10.8 Å². The Hall–Kier alpha value is -3.46. The molecule has 0 unspecified atom stereocenters. The van der Waals surface area contributed by atoms with Crippen LogP contribution in [0.4, 0.5) is 4.79 Å². The highest BCUT2D eigenvalue weighted by Crippen LogP contribution is 2.31. The van der Waals surface area contributed by atoms with E-state index in [1.807, 2.05) is 18.2 Å². The number of pyridine rings is 1. The highest BCUT2D eigenvalue weighted by Gasteiger charge is 2.24. The van der Waals surface area contributed by atoms with Gasteiger partial charge in [0.15, 0.2) is 0 Å². The Balaban J connectivity index is 2.15. The van der Waals surface area contributed by atoms with Crippen molar-refractivity contribution in [2.24, 2.45) is 0 Å². The second-order valence-electron chi connectivity index (χ2n) is 7.54. The first kappa shape index (κ1) is 20.3. The van der Waals surface area contributed by atoms with E-state index in [0.717, 1.165) is 5.39 Å². The molecule has 9 nitrogen and oxygen atoms in total. The van der Waals surface area contributed by atoms with Gasteiger partial charge in [0.05, 0.1) is 23.3 Å². The number of para-hydroxylation sites is 1. The molecule has 0 spiro atoms. The molecule has 0 aliphatic carbocycles. The summed E-state index contributed by atoms with van der Waals surface area (Å²) in [6, 6.07) is 8.86. The van der Waals surface area contributed by atoms with Crippen molar-refractivity contribution in [2.75, 3.05) is 6.54 Å². The van der Waals surface area contributed by atoms with Crippen molar-refractivity contribution in [2.45, 2.75) is 33.3 Å². The molecule has 1 aromatic carbocycles. The topological polar surface area (TPSA) is 123 Å². The Morgan fingerprint density at radius 3 is 2.52 bits per heavy atom. The Labute approximate surface area is 166 Å². The summed E-state index contributed by atoms with van der Waals surface area (Å²) >= 11 is 0. The summed E-state index contributed by atoms with van der Waals surface area (Å²) in [5.41, 5.74) is 2.50. The third-order valence-corrected chi connectivity index (χ3v) is 4.17. The quantitative estimate of drug-likeness (QED) is 0.460. The number of hydrogen-bond donors (Lipinski definition) is 3. The summed E-state index contributed by atoms with van der Waals surface area (Å²) in [6.07, 6.45) is -0.537. The first-order valence-electron chi connectivity index (χ1n) is 8.97. The molecule has 0 aliphatic rings. The number of carbonyl (C=O) groups is 3. The van der Waals surface area contributed by atoms with Gasteiger partial charge in [0.25, 0.3) is 11.8 Å². The van der Waals surface area contributed by atoms with E-state index in [2.05, 4.69) is 10.3 Å². The molecule has 2 aromatic heterocycles. The number of hydroxylamine groups is 1. The van der Waals surface area contributed by atoms with E-state index in [9.17, 15) is 14.4 Å². The molecule has 0 radical (unpaired) electrons. The summed E-state index contributed by atoms with van der Waals surface area (Å²) in [4.78, 5) is 40.7. The Kier molecular flexibility index (Phi) is 5.25. The lowest BCUT2D eigenvalue weighted by molar-refractivity contribution is -0.128. The number of hydrogen-bond acceptors (Lipinski definition) is 6. The zero-order valence-electron chi connectivity index (χ0n) is 16.6. The van der Waals surface area contributed by atoms with Crippen molar-refractivity contribution in [1.29, 1.82) is 0 Å². The van der Waals surface area contributed by atoms with E-state index >= 15 is 0 Å². The minimum atomic E-state index is -0.752. The highest BCUT2D eigenvalue weighted by molar-refractivity contribution is 6.14. The van der Waals surface area contributed by atoms with Crippen molar-refractivity contribution >= 4 is 39.7 Å². The Bertz CT molecular complexity index is 1130. The van der Waals surface area contributed by atoms with Gasteiger partial charge in [0.2, 0.25) is 0 Å². The van der Waals surface area contributed by atoms with Gasteiger partial charge in [-0.3, -0.25) is 14.8 Å². The lowest BCUT2D eigenvalue weighted by atomic mass is 10.1. The average molecular weight is 398 g/mol. The van der Waals surface area contributed by atoms with Crippen molar-refractivity contribution in [3.8, 4) is 0 Å². The van der Waals surface area contributed by atoms with Gasteiger partial charge in [-0.25, -0.2) is 19.8 Å². The van der Waals surface area contributed by atoms with Gasteiger partial charge < -0.3 is 10.1 Å². The molecule has 2 heterocycles. The molecule has 0 saturated heterocycles. The van der Waals surface area contributed by atoms with Gasteiger partial charge in [0.1, 0.15) is 11.3 Å². The number of nitrogens with zero attached hydrogens (tertiary/aromatic N) is 2. The highest BCUT2D eigenvalue weighted by atomic mass is 16.6. The maximum Gasteiger partial charge on any atom is 0.419 e. The summed E-state index contributed by atoms with van der Waals surface area (Å²) < 4.78 is 7.01. The normalized spacial score (nSPS) is 11.5. The van der Waals surface area contributed by atoms with Crippen LogP contribution in [0.15, 0.2) is 30.3 Å². The standard InChI is InChI=1S/C20H22N4O5/c1-11-17-13(9-14(22-11)18(26)21-10-16(25)23-28)12-7-5-6-8-15(12)24(17)19(27)29-20(2,3)4/h5-9,28H,10H2,1-4H3,(H,21,26)(H,23,25). The molecule has 9 heteroatoms. The third-order valence-electron chi connectivity index (χ3n) is 4.17. The van der Waals surface area contributed by atoms with Crippen LogP contribution in [0.5, 0.6) is 0 Å². The number of fused-ring (bicyclic) bond motifs is 3. The second kappa shape index (κ2) is 7.51. The molecular weight excluding hydrogens is 376 g/mol. The van der Waals surface area contributed by atoms with E-state index < -0.39 is 30.1 Å². The molecular formula is C20H22N4O5. The molecule has 0 fully saturated rings. The predicted octanol–water partition coefficient (Wildman–Crippen LogP) is 2.52. The van der Waals surface area contributed by atoms with Crippen LogP contribution in [0.2, 0.25) is 0 Å². The zero-order valence-corrected chi connectivity index (χ0v) is 16.6. The minimum Gasteiger partial charge on any atom is -0.443 e. The maximum atomic E-state index is 12.9. The summed E-state index contributed by atoms with van der Waals surface area (Å²) in [5.74, 6) is -1.33. The first-order chi connectivity index (χ1) is 13.6. The van der Waals surface area contributed by atoms with Gasteiger partial charge in [-0.1, -0.05) is 18.2 Å². The minimum absolute atomic E-state index is 0.0906. The van der Waals surface area contributed by atoms with Gasteiger partial charge >= 0.3 is 6.09 Å². The average Bonchev–Trinajstić information content (AvgIpc) is 2.99. The fourth-order valence-corrected chi connectivity index (χ4v) is 3.07. The van der Waals surface area contributed by atoms with Gasteiger partial charge in [-0.15, -0.1) is 0 Å². The fraction of sp³-hybridized carbons (Fsp3) is 0.300. The summed E-state index contributed by atoms with van der Waals surface area (Å²) in [5, 5.41) is 12.4. The molecule has 152 valence electrons. The third kappa shape index (κ3) is 4.04. The van der Waals surface area contributed by atoms with Crippen molar-refractivity contribution in [3.63, 3.8) is 0 Å². The predicted molar refractivity (Wildman–Crippen MR) is 106 cm³/mol. The molecule has 3 rings (SSSR count). The number of ether oxygens (including phenoxy) is 1. The molecule has 0 bridgehead atoms. The summed E-state index contributed by atoms with van der Waals surface area (Å²) in [6.45, 7) is 6.66. The van der Waals surface area contributed by atoms with Crippen LogP contribution in [-0.4, -0.2) is 44.8 Å². The number of aryl methyl sites for hydroxylation is 1. The van der Waals surface area contributed by atoms with E-state index in [-0.39, 0.29) is 5.69 Å². The van der Waals surface area contributed by atoms with Crippen LogP contribution >= 0.6 is 0 Å². The fourth-order valence-electron chi connectivity index (χ4n) is 3.07. The first-order valence-corrected chi connectivity index (χ1v) is 8.97. The van der Waals surface area contributed by atoms with Crippen LogP contribution in [0.25, 0.3) is 21.8 Å². The van der Waals surface area contributed by atoms with Gasteiger partial charge in [-0.2, -0.15) is 0 Å². The molecule has 0 aliphatic heterocycles. The number of benzene rings is 1. The molecule has 0 saturated carbocycles. The molecule has 3 aromatic rings. The lowest BCUT2D eigenvalue weighted by Gasteiger charge is -2.20. The summed E-state index contributed by atoms with van der Waals surface area (Å²) in [7, 11) is 0. The lowest BCUT2D eigenvalue weighted by Crippen LogP contribution is -2.35. The SMILES string of the molecule is Cc1nc(C(=O)NCC(=O)NO)cc2c3ccccc3n(C(=O)OC(C)(C)C)c12. The number of rotatable bonds is 3. The molecule has 3 N–H and O–H groups in total. The number of nitrogens with one attached hydrogen (secondary N) is 2. The number of aromatic nitrogens is 2. The molecule has 2 amide bonds. The van der Waals surface area contributed by atoms with Crippen LogP contribution < -0.4 is 10.8 Å². The zero-order chi connectivity index (χ0) is 21.3. The monoisotopic (exact) mass is 398 g/mol. The van der Waals surface area contributed by atoms with E-state index in [0.29, 0.717) is 22.1 Å².